The van der Waals surface area contributed by atoms with Gasteiger partial charge in [0.25, 0.3) is 10.0 Å². The molecule has 0 saturated carbocycles. The molecule has 5 aromatic rings. The van der Waals surface area contributed by atoms with Gasteiger partial charge in [0.15, 0.2) is 6.33 Å². The minimum absolute atomic E-state index is 0.140. The van der Waals surface area contributed by atoms with E-state index in [1.807, 2.05) is 71.0 Å². The summed E-state index contributed by atoms with van der Waals surface area (Å²) < 4.78 is 33.9. The monoisotopic (exact) mass is 549 g/mol. The first kappa shape index (κ1) is 26.0. The van der Waals surface area contributed by atoms with Crippen LogP contribution in [0.4, 0.5) is 5.95 Å². The lowest BCUT2D eigenvalue weighted by Crippen LogP contribution is -2.56. The van der Waals surface area contributed by atoms with Crippen LogP contribution in [0.2, 0.25) is 0 Å². The van der Waals surface area contributed by atoms with Crippen LogP contribution in [0.3, 0.4) is 0 Å². The average Bonchev–Trinajstić information content (AvgIpc) is 3.37. The van der Waals surface area contributed by atoms with Gasteiger partial charge in [-0.05, 0) is 62.1 Å². The SMILES string of the molecule is Cc1ccc(S(=O)(=O)N2C[C@H](c3ccccc3)[C@@H](c3ccccc3)[n+]3cn(-c4c(C)cc(C)cc4C)nc32)cc1. The highest BCUT2D eigenvalue weighted by Crippen LogP contribution is 2.39. The molecular formula is C33H33N4O2S+. The molecule has 1 aliphatic rings. The first-order chi connectivity index (χ1) is 19.2. The second-order valence-corrected chi connectivity index (χ2v) is 12.6. The zero-order valence-electron chi connectivity index (χ0n) is 23.2. The summed E-state index contributed by atoms with van der Waals surface area (Å²) in [5.74, 6) is 0.264. The maximum atomic E-state index is 14.3. The van der Waals surface area contributed by atoms with Crippen LogP contribution >= 0.6 is 0 Å². The van der Waals surface area contributed by atoms with Crippen molar-refractivity contribution in [2.45, 2.75) is 44.6 Å². The molecule has 6 nitrogen and oxygen atoms in total. The number of benzene rings is 4. The number of rotatable bonds is 5. The summed E-state index contributed by atoms with van der Waals surface area (Å²) in [6.45, 7) is 8.45. The van der Waals surface area contributed by atoms with Crippen molar-refractivity contribution in [1.82, 2.24) is 9.78 Å². The molecule has 40 heavy (non-hydrogen) atoms. The van der Waals surface area contributed by atoms with Crippen molar-refractivity contribution in [1.29, 1.82) is 0 Å². The molecule has 2 heterocycles. The van der Waals surface area contributed by atoms with Gasteiger partial charge in [-0.1, -0.05) is 96.1 Å². The molecule has 7 heteroatoms. The van der Waals surface area contributed by atoms with Gasteiger partial charge in [-0.25, -0.2) is 4.57 Å². The van der Waals surface area contributed by atoms with E-state index >= 15 is 0 Å². The standard InChI is InChI=1S/C33H33N4O2S/c1-23-15-17-29(18-16-23)40(38,39)37-21-30(27-11-7-5-8-12-27)32(28-13-9-6-10-14-28)35-22-36(34-33(35)37)31-25(3)19-24(2)20-26(31)4/h5-20,22,30,32H,21H2,1-4H3/q+1/t30-,32-/m1/s1. The highest BCUT2D eigenvalue weighted by molar-refractivity contribution is 7.92. The quantitative estimate of drug-likeness (QED) is 0.254. The number of sulfonamides is 1. The predicted molar refractivity (Wildman–Crippen MR) is 157 cm³/mol. The molecule has 0 N–H and O–H groups in total. The molecule has 0 aliphatic carbocycles. The van der Waals surface area contributed by atoms with Crippen LogP contribution in [0.15, 0.2) is 108 Å². The number of hydrogen-bond acceptors (Lipinski definition) is 3. The Morgan fingerprint density at radius 1 is 0.750 bits per heavy atom. The van der Waals surface area contributed by atoms with Crippen LogP contribution in [0, 0.1) is 27.7 Å². The summed E-state index contributed by atoms with van der Waals surface area (Å²) in [6, 6.07) is 31.6. The van der Waals surface area contributed by atoms with Crippen molar-refractivity contribution < 1.29 is 13.0 Å². The van der Waals surface area contributed by atoms with Gasteiger partial charge < -0.3 is 0 Å². The fraction of sp³-hybridized carbons (Fsp3) is 0.212. The van der Waals surface area contributed by atoms with Crippen molar-refractivity contribution in [2.75, 3.05) is 10.8 Å². The molecule has 6 rings (SSSR count). The minimum atomic E-state index is -3.90. The molecule has 0 radical (unpaired) electrons. The number of aryl methyl sites for hydroxylation is 4. The Kier molecular flexibility index (Phi) is 6.55. The van der Waals surface area contributed by atoms with E-state index in [1.165, 1.54) is 9.87 Å². The normalized spacial score (nSPS) is 17.1. The summed E-state index contributed by atoms with van der Waals surface area (Å²) >= 11 is 0. The van der Waals surface area contributed by atoms with Crippen LogP contribution in [0.5, 0.6) is 0 Å². The van der Waals surface area contributed by atoms with Gasteiger partial charge in [0, 0.05) is 11.0 Å². The van der Waals surface area contributed by atoms with Gasteiger partial charge in [0.05, 0.1) is 11.4 Å². The Hall–Kier alpha value is -4.23. The molecule has 1 aliphatic heterocycles. The molecule has 4 aromatic carbocycles. The van der Waals surface area contributed by atoms with Gasteiger partial charge in [0.2, 0.25) is 0 Å². The topological polar surface area (TPSA) is 59.1 Å². The minimum Gasteiger partial charge on any atom is -0.218 e. The average molecular weight is 550 g/mol. The van der Waals surface area contributed by atoms with Crippen molar-refractivity contribution in [3.8, 4) is 5.69 Å². The molecule has 0 unspecified atom stereocenters. The lowest BCUT2D eigenvalue weighted by atomic mass is 9.85. The summed E-state index contributed by atoms with van der Waals surface area (Å²) in [5.41, 5.74) is 7.50. The molecule has 0 saturated heterocycles. The fourth-order valence-electron chi connectivity index (χ4n) is 5.99. The van der Waals surface area contributed by atoms with E-state index < -0.39 is 10.0 Å². The number of nitrogens with zero attached hydrogens (tertiary/aromatic N) is 4. The Balaban J connectivity index is 1.62. The summed E-state index contributed by atoms with van der Waals surface area (Å²) in [4.78, 5) is 0.256. The van der Waals surface area contributed by atoms with Crippen LogP contribution in [-0.2, 0) is 10.0 Å². The van der Waals surface area contributed by atoms with Crippen LogP contribution in [0.1, 0.15) is 45.3 Å². The largest absolute Gasteiger partial charge is 0.395 e. The fourth-order valence-corrected chi connectivity index (χ4v) is 7.42. The number of hydrogen-bond donors (Lipinski definition) is 0. The van der Waals surface area contributed by atoms with Gasteiger partial charge in [-0.3, -0.25) is 0 Å². The number of fused-ring (bicyclic) bond motifs is 1. The van der Waals surface area contributed by atoms with E-state index in [2.05, 4.69) is 57.2 Å². The molecule has 0 bridgehead atoms. The van der Waals surface area contributed by atoms with E-state index in [4.69, 9.17) is 5.10 Å². The van der Waals surface area contributed by atoms with Crippen LogP contribution in [0.25, 0.3) is 5.69 Å². The van der Waals surface area contributed by atoms with E-state index in [0.29, 0.717) is 5.95 Å². The van der Waals surface area contributed by atoms with E-state index in [9.17, 15) is 8.42 Å². The zero-order valence-corrected chi connectivity index (χ0v) is 24.0. The molecule has 2 atom stereocenters. The second-order valence-electron chi connectivity index (χ2n) is 10.7. The molecule has 0 spiro atoms. The summed E-state index contributed by atoms with van der Waals surface area (Å²) in [5, 5.41) is 4.99. The summed E-state index contributed by atoms with van der Waals surface area (Å²) in [6.07, 6.45) is 1.96. The smallest absolute Gasteiger partial charge is 0.218 e. The molecule has 0 amide bonds. The molecular weight excluding hydrogens is 516 g/mol. The predicted octanol–water partition coefficient (Wildman–Crippen LogP) is 5.98. The van der Waals surface area contributed by atoms with Gasteiger partial charge in [-0.15, -0.1) is 4.68 Å². The van der Waals surface area contributed by atoms with Crippen molar-refractivity contribution >= 4 is 16.0 Å². The third-order valence-corrected chi connectivity index (χ3v) is 9.53. The van der Waals surface area contributed by atoms with Crippen molar-refractivity contribution in [2.24, 2.45) is 0 Å². The highest BCUT2D eigenvalue weighted by atomic mass is 32.2. The third-order valence-electron chi connectivity index (χ3n) is 7.77. The zero-order chi connectivity index (χ0) is 28.0. The van der Waals surface area contributed by atoms with E-state index in [0.717, 1.165) is 33.5 Å². The summed E-state index contributed by atoms with van der Waals surface area (Å²) in [7, 11) is -3.90. The number of anilines is 1. The maximum Gasteiger partial charge on any atom is 0.395 e. The van der Waals surface area contributed by atoms with Crippen molar-refractivity contribution in [3.05, 3.63) is 137 Å². The lowest BCUT2D eigenvalue weighted by Gasteiger charge is -2.35. The second kappa shape index (κ2) is 10.1. The Morgan fingerprint density at radius 2 is 1.32 bits per heavy atom. The Morgan fingerprint density at radius 3 is 1.93 bits per heavy atom. The first-order valence-corrected chi connectivity index (χ1v) is 15.0. The van der Waals surface area contributed by atoms with E-state index in [1.54, 1.807) is 12.1 Å². The van der Waals surface area contributed by atoms with Gasteiger partial charge >= 0.3 is 5.95 Å². The molecule has 202 valence electrons. The van der Waals surface area contributed by atoms with Crippen LogP contribution < -0.4 is 8.87 Å². The number of aromatic nitrogens is 3. The lowest BCUT2D eigenvalue weighted by molar-refractivity contribution is -0.708. The van der Waals surface area contributed by atoms with Crippen molar-refractivity contribution in [3.63, 3.8) is 0 Å². The maximum absolute atomic E-state index is 14.3. The van der Waals surface area contributed by atoms with Gasteiger partial charge in [-0.2, -0.15) is 12.7 Å². The first-order valence-electron chi connectivity index (χ1n) is 13.5. The Labute approximate surface area is 236 Å². The van der Waals surface area contributed by atoms with E-state index in [-0.39, 0.29) is 23.4 Å². The molecule has 0 fully saturated rings. The third kappa shape index (κ3) is 4.50. The van der Waals surface area contributed by atoms with Gasteiger partial charge in [0.1, 0.15) is 11.7 Å². The van der Waals surface area contributed by atoms with Crippen LogP contribution in [-0.4, -0.2) is 24.7 Å². The Bertz CT molecular complexity index is 1760. The highest BCUT2D eigenvalue weighted by Gasteiger charge is 2.47. The molecule has 1 aromatic heterocycles.